The summed E-state index contributed by atoms with van der Waals surface area (Å²) in [6.07, 6.45) is 17.0. The van der Waals surface area contributed by atoms with Crippen LogP contribution in [0.1, 0.15) is 114 Å². The quantitative estimate of drug-likeness (QED) is 0.223. The van der Waals surface area contributed by atoms with Gasteiger partial charge in [-0.15, -0.1) is 0 Å². The first-order valence-electron chi connectivity index (χ1n) is 13.6. The van der Waals surface area contributed by atoms with Crippen LogP contribution >= 0.6 is 0 Å². The standard InChI is InChI=1S/C23H41N.C8H8O3/c1-4-5-6-7-8-9-10-11-12-13-14-18-21-23(24(2)3)22-19-16-15-17-20-22;9-7(8(10)11)6-4-2-1-3-5-6/h15-17,19-20,23H,4-14,18,21H2,1-3H3;1-5,7,9H,(H,10,11). The third-order valence-corrected chi connectivity index (χ3v) is 6.49. The summed E-state index contributed by atoms with van der Waals surface area (Å²) in [7, 11) is 4.41. The number of aliphatic carboxylic acids is 1. The fourth-order valence-electron chi connectivity index (χ4n) is 4.35. The van der Waals surface area contributed by atoms with Gasteiger partial charge in [0.1, 0.15) is 0 Å². The van der Waals surface area contributed by atoms with Gasteiger partial charge >= 0.3 is 5.97 Å². The largest absolute Gasteiger partial charge is 0.479 e. The monoisotopic (exact) mass is 483 g/mol. The van der Waals surface area contributed by atoms with E-state index < -0.39 is 12.1 Å². The molecule has 4 nitrogen and oxygen atoms in total. The number of aliphatic hydroxyl groups excluding tert-OH is 1. The zero-order chi connectivity index (χ0) is 25.7. The van der Waals surface area contributed by atoms with E-state index in [1.54, 1.807) is 30.3 Å². The van der Waals surface area contributed by atoms with E-state index >= 15 is 0 Å². The fourth-order valence-corrected chi connectivity index (χ4v) is 4.35. The lowest BCUT2D eigenvalue weighted by Gasteiger charge is -2.24. The second kappa shape index (κ2) is 20.1. The van der Waals surface area contributed by atoms with Crippen LogP contribution in [0.5, 0.6) is 0 Å². The number of aliphatic hydroxyl groups is 1. The molecule has 0 amide bonds. The van der Waals surface area contributed by atoms with E-state index in [1.807, 2.05) is 0 Å². The highest BCUT2D eigenvalue weighted by Gasteiger charge is 2.14. The number of rotatable bonds is 17. The smallest absolute Gasteiger partial charge is 0.337 e. The van der Waals surface area contributed by atoms with Crippen molar-refractivity contribution in [2.75, 3.05) is 14.1 Å². The van der Waals surface area contributed by atoms with Crippen molar-refractivity contribution < 1.29 is 15.0 Å². The summed E-state index contributed by atoms with van der Waals surface area (Å²) in [5.41, 5.74) is 1.87. The lowest BCUT2D eigenvalue weighted by Crippen LogP contribution is -2.19. The summed E-state index contributed by atoms with van der Waals surface area (Å²) in [4.78, 5) is 12.6. The summed E-state index contributed by atoms with van der Waals surface area (Å²) in [5.74, 6) is -1.23. The number of carboxylic acid groups (broad SMARTS) is 1. The van der Waals surface area contributed by atoms with E-state index in [2.05, 4.69) is 56.3 Å². The maximum atomic E-state index is 10.2. The van der Waals surface area contributed by atoms with Gasteiger partial charge in [0, 0.05) is 6.04 Å². The molecule has 2 rings (SSSR count). The highest BCUT2D eigenvalue weighted by Crippen LogP contribution is 2.24. The average molecular weight is 484 g/mol. The van der Waals surface area contributed by atoms with Crippen LogP contribution in [0.4, 0.5) is 0 Å². The Kier molecular flexibility index (Phi) is 17.7. The van der Waals surface area contributed by atoms with Gasteiger partial charge in [0.25, 0.3) is 0 Å². The normalized spacial score (nSPS) is 12.6. The van der Waals surface area contributed by atoms with Crippen molar-refractivity contribution in [3.63, 3.8) is 0 Å². The van der Waals surface area contributed by atoms with Gasteiger partial charge in [-0.25, -0.2) is 4.79 Å². The van der Waals surface area contributed by atoms with Crippen molar-refractivity contribution in [2.45, 2.75) is 103 Å². The van der Waals surface area contributed by atoms with Crippen LogP contribution in [0, 0.1) is 0 Å². The Labute approximate surface area is 214 Å². The minimum Gasteiger partial charge on any atom is -0.479 e. The van der Waals surface area contributed by atoms with E-state index in [4.69, 9.17) is 10.2 Å². The molecule has 0 radical (unpaired) electrons. The molecule has 2 aromatic rings. The Morgan fingerprint density at radius 2 is 1.09 bits per heavy atom. The Morgan fingerprint density at radius 3 is 1.49 bits per heavy atom. The van der Waals surface area contributed by atoms with Crippen LogP contribution in [0.2, 0.25) is 0 Å². The molecule has 0 saturated carbocycles. The van der Waals surface area contributed by atoms with Crippen molar-refractivity contribution in [1.29, 1.82) is 0 Å². The van der Waals surface area contributed by atoms with Crippen molar-refractivity contribution in [3.8, 4) is 0 Å². The van der Waals surface area contributed by atoms with Crippen LogP contribution in [0.3, 0.4) is 0 Å². The molecular weight excluding hydrogens is 434 g/mol. The van der Waals surface area contributed by atoms with Crippen LogP contribution in [0.25, 0.3) is 0 Å². The summed E-state index contributed by atoms with van der Waals surface area (Å²) < 4.78 is 0. The lowest BCUT2D eigenvalue weighted by molar-refractivity contribution is -0.146. The molecule has 0 aromatic heterocycles. The summed E-state index contributed by atoms with van der Waals surface area (Å²) >= 11 is 0. The van der Waals surface area contributed by atoms with E-state index in [0.29, 0.717) is 11.6 Å². The van der Waals surface area contributed by atoms with Crippen LogP contribution in [-0.4, -0.2) is 35.2 Å². The second-order valence-electron chi connectivity index (χ2n) is 9.72. The molecule has 0 fully saturated rings. The van der Waals surface area contributed by atoms with Gasteiger partial charge in [-0.05, 0) is 31.6 Å². The number of carbonyl (C=O) groups is 1. The molecule has 2 aromatic carbocycles. The SMILES string of the molecule is CCCCCCCCCCCCCCC(c1ccccc1)N(C)C.O=C(O)C(O)c1ccccc1. The van der Waals surface area contributed by atoms with Gasteiger partial charge in [-0.2, -0.15) is 0 Å². The van der Waals surface area contributed by atoms with Gasteiger partial charge < -0.3 is 15.1 Å². The molecule has 0 saturated heterocycles. The Bertz CT molecular complexity index is 748. The van der Waals surface area contributed by atoms with Gasteiger partial charge in [0.15, 0.2) is 6.10 Å². The predicted octanol–water partition coefficient (Wildman–Crippen LogP) is 8.19. The topological polar surface area (TPSA) is 60.8 Å². The first-order chi connectivity index (χ1) is 17.0. The molecule has 2 N–H and O–H groups in total. The first-order valence-corrected chi connectivity index (χ1v) is 13.6. The van der Waals surface area contributed by atoms with Crippen molar-refractivity contribution >= 4 is 5.97 Å². The lowest BCUT2D eigenvalue weighted by atomic mass is 9.98. The van der Waals surface area contributed by atoms with Crippen LogP contribution in [0.15, 0.2) is 60.7 Å². The van der Waals surface area contributed by atoms with Gasteiger partial charge in [0.05, 0.1) is 0 Å². The highest BCUT2D eigenvalue weighted by molar-refractivity contribution is 5.73. The Morgan fingerprint density at radius 1 is 0.686 bits per heavy atom. The minimum atomic E-state index is -1.41. The molecule has 4 heteroatoms. The maximum Gasteiger partial charge on any atom is 0.337 e. The van der Waals surface area contributed by atoms with E-state index in [1.165, 1.54) is 89.0 Å². The predicted molar refractivity (Wildman–Crippen MR) is 148 cm³/mol. The molecule has 0 aliphatic rings. The molecule has 0 bridgehead atoms. The average Bonchev–Trinajstić information content (AvgIpc) is 2.87. The molecule has 2 atom stereocenters. The van der Waals surface area contributed by atoms with Crippen molar-refractivity contribution in [2.24, 2.45) is 0 Å². The maximum absolute atomic E-state index is 10.2. The zero-order valence-corrected chi connectivity index (χ0v) is 22.4. The van der Waals surface area contributed by atoms with Crippen molar-refractivity contribution in [3.05, 3.63) is 71.8 Å². The second-order valence-corrected chi connectivity index (χ2v) is 9.72. The molecule has 35 heavy (non-hydrogen) atoms. The number of carboxylic acids is 1. The summed E-state index contributed by atoms with van der Waals surface area (Å²) in [5, 5.41) is 17.4. The Balaban J connectivity index is 0.000000462. The summed E-state index contributed by atoms with van der Waals surface area (Å²) in [6.45, 7) is 2.29. The number of hydrogen-bond acceptors (Lipinski definition) is 3. The van der Waals surface area contributed by atoms with Crippen LogP contribution in [-0.2, 0) is 4.79 Å². The van der Waals surface area contributed by atoms with Gasteiger partial charge in [-0.1, -0.05) is 145 Å². The molecule has 0 aliphatic heterocycles. The zero-order valence-electron chi connectivity index (χ0n) is 22.4. The fraction of sp³-hybridized carbons (Fsp3) is 0.581. The van der Waals surface area contributed by atoms with Crippen molar-refractivity contribution in [1.82, 2.24) is 4.90 Å². The van der Waals surface area contributed by atoms with Gasteiger partial charge in [-0.3, -0.25) is 0 Å². The highest BCUT2D eigenvalue weighted by atomic mass is 16.4. The third kappa shape index (κ3) is 14.7. The van der Waals surface area contributed by atoms with Crippen LogP contribution < -0.4 is 0 Å². The number of hydrogen-bond donors (Lipinski definition) is 2. The first kappa shape index (κ1) is 30.9. The number of unbranched alkanes of at least 4 members (excludes halogenated alkanes) is 11. The molecule has 196 valence electrons. The summed E-state index contributed by atoms with van der Waals surface area (Å²) in [6, 6.07) is 19.8. The van der Waals surface area contributed by atoms with E-state index in [9.17, 15) is 4.79 Å². The molecule has 0 spiro atoms. The van der Waals surface area contributed by atoms with Gasteiger partial charge in [0.2, 0.25) is 0 Å². The molecule has 0 heterocycles. The molecule has 2 unspecified atom stereocenters. The number of nitrogens with zero attached hydrogens (tertiary/aromatic N) is 1. The van der Waals surface area contributed by atoms with E-state index in [-0.39, 0.29) is 0 Å². The molecular formula is C31H49NO3. The molecule has 0 aliphatic carbocycles. The minimum absolute atomic E-state index is 0.403. The van der Waals surface area contributed by atoms with E-state index in [0.717, 1.165) is 0 Å². The Hall–Kier alpha value is -2.17. The third-order valence-electron chi connectivity index (χ3n) is 6.49. The number of benzene rings is 2.